The van der Waals surface area contributed by atoms with E-state index >= 15 is 0 Å². The van der Waals surface area contributed by atoms with Gasteiger partial charge in [-0.15, -0.1) is 0 Å². The van der Waals surface area contributed by atoms with Crippen LogP contribution in [-0.2, 0) is 9.59 Å². The molecule has 0 radical (unpaired) electrons. The van der Waals surface area contributed by atoms with Crippen molar-refractivity contribution in [2.24, 2.45) is 0 Å². The van der Waals surface area contributed by atoms with Gasteiger partial charge in [-0.25, -0.2) is 0 Å². The summed E-state index contributed by atoms with van der Waals surface area (Å²) in [6.45, 7) is 0.910. The molecule has 20 heavy (non-hydrogen) atoms. The molecule has 5 heteroatoms. The molecule has 2 N–H and O–H groups in total. The van der Waals surface area contributed by atoms with Crippen LogP contribution in [-0.4, -0.2) is 36.1 Å². The molecule has 0 spiro atoms. The average molecular weight is 274 g/mol. The van der Waals surface area contributed by atoms with E-state index in [1.165, 1.54) is 0 Å². The number of hydrogen-bond donors (Lipinski definition) is 2. The summed E-state index contributed by atoms with van der Waals surface area (Å²) in [5.41, 5.74) is 2.03. The fourth-order valence-corrected chi connectivity index (χ4v) is 2.79. The molecule has 1 atom stereocenters. The zero-order chi connectivity index (χ0) is 14.1. The number of nitrogens with zero attached hydrogens (tertiary/aromatic N) is 1. The van der Waals surface area contributed by atoms with E-state index in [1.54, 1.807) is 0 Å². The second kappa shape index (κ2) is 5.15. The quantitative estimate of drug-likeness (QED) is 0.850. The maximum Gasteiger partial charge on any atom is 0.304 e. The molecular formula is C15H18N2O3. The van der Waals surface area contributed by atoms with Gasteiger partial charge in [-0.05, 0) is 24.5 Å². The van der Waals surface area contributed by atoms with Gasteiger partial charge < -0.3 is 15.3 Å². The molecule has 0 aromatic heterocycles. The summed E-state index contributed by atoms with van der Waals surface area (Å²) in [6, 6.07) is 8.12. The van der Waals surface area contributed by atoms with Crippen molar-refractivity contribution in [3.05, 3.63) is 29.8 Å². The Labute approximate surface area is 117 Å². The highest BCUT2D eigenvalue weighted by Crippen LogP contribution is 2.37. The van der Waals surface area contributed by atoms with E-state index in [2.05, 4.69) is 5.32 Å². The Morgan fingerprint density at radius 3 is 2.75 bits per heavy atom. The molecule has 106 valence electrons. The Balaban J connectivity index is 1.72. The van der Waals surface area contributed by atoms with Crippen molar-refractivity contribution in [1.29, 1.82) is 0 Å². The van der Waals surface area contributed by atoms with Gasteiger partial charge in [0.25, 0.3) is 0 Å². The number of nitrogens with one attached hydrogen (secondary N) is 1. The SMILES string of the molecule is O=C(O)CC1CN(CC(=O)NC2CC2)c2ccccc21. The van der Waals surface area contributed by atoms with E-state index < -0.39 is 5.97 Å². The number of carbonyl (C=O) groups excluding carboxylic acids is 1. The zero-order valence-electron chi connectivity index (χ0n) is 11.2. The van der Waals surface area contributed by atoms with Crippen molar-refractivity contribution in [3.63, 3.8) is 0 Å². The average Bonchev–Trinajstić information content (AvgIpc) is 3.14. The van der Waals surface area contributed by atoms with E-state index in [1.807, 2.05) is 29.2 Å². The Bertz CT molecular complexity index is 540. The van der Waals surface area contributed by atoms with Gasteiger partial charge in [0.15, 0.2) is 0 Å². The molecule has 2 aliphatic rings. The molecule has 1 aromatic carbocycles. The van der Waals surface area contributed by atoms with Crippen LogP contribution < -0.4 is 10.2 Å². The fourth-order valence-electron chi connectivity index (χ4n) is 2.79. The Kier molecular flexibility index (Phi) is 3.34. The first-order valence-electron chi connectivity index (χ1n) is 6.98. The molecule has 1 saturated carbocycles. The van der Waals surface area contributed by atoms with Gasteiger partial charge in [-0.1, -0.05) is 18.2 Å². The van der Waals surface area contributed by atoms with Crippen LogP contribution in [0.1, 0.15) is 30.7 Å². The highest BCUT2D eigenvalue weighted by atomic mass is 16.4. The zero-order valence-corrected chi connectivity index (χ0v) is 11.2. The van der Waals surface area contributed by atoms with Crippen LogP contribution in [0.4, 0.5) is 5.69 Å². The number of hydrogen-bond acceptors (Lipinski definition) is 3. The number of carbonyl (C=O) groups is 2. The van der Waals surface area contributed by atoms with Gasteiger partial charge in [0, 0.05) is 24.2 Å². The Morgan fingerprint density at radius 2 is 2.05 bits per heavy atom. The standard InChI is InChI=1S/C15H18N2O3/c18-14(16-11-5-6-11)9-17-8-10(7-15(19)20)12-3-1-2-4-13(12)17/h1-4,10-11H,5-9H2,(H,16,18)(H,19,20). The molecule has 0 bridgehead atoms. The molecule has 5 nitrogen and oxygen atoms in total. The van der Waals surface area contributed by atoms with Crippen LogP contribution in [0.2, 0.25) is 0 Å². The third-order valence-corrected chi connectivity index (χ3v) is 3.86. The van der Waals surface area contributed by atoms with Crippen molar-refractivity contribution in [2.45, 2.75) is 31.2 Å². The van der Waals surface area contributed by atoms with E-state index in [0.29, 0.717) is 19.1 Å². The number of aliphatic carboxylic acids is 1. The number of fused-ring (bicyclic) bond motifs is 1. The summed E-state index contributed by atoms with van der Waals surface area (Å²) in [4.78, 5) is 24.9. The maximum atomic E-state index is 11.9. The maximum absolute atomic E-state index is 11.9. The predicted molar refractivity (Wildman–Crippen MR) is 74.8 cm³/mol. The first kappa shape index (κ1) is 13.0. The first-order chi connectivity index (χ1) is 9.63. The van der Waals surface area contributed by atoms with Crippen LogP contribution in [0, 0.1) is 0 Å². The normalized spacial score (nSPS) is 20.6. The van der Waals surface area contributed by atoms with Crippen LogP contribution in [0.25, 0.3) is 0 Å². The Hall–Kier alpha value is -2.04. The second-order valence-electron chi connectivity index (χ2n) is 5.58. The van der Waals surface area contributed by atoms with Gasteiger partial charge in [-0.2, -0.15) is 0 Å². The number of para-hydroxylation sites is 1. The van der Waals surface area contributed by atoms with Gasteiger partial charge >= 0.3 is 5.97 Å². The molecule has 3 rings (SSSR count). The van der Waals surface area contributed by atoms with E-state index in [4.69, 9.17) is 5.11 Å². The van der Waals surface area contributed by atoms with Crippen molar-refractivity contribution in [2.75, 3.05) is 18.0 Å². The van der Waals surface area contributed by atoms with Crippen LogP contribution in [0.3, 0.4) is 0 Å². The minimum Gasteiger partial charge on any atom is -0.481 e. The van der Waals surface area contributed by atoms with Crippen molar-refractivity contribution < 1.29 is 14.7 Å². The summed E-state index contributed by atoms with van der Waals surface area (Å²) in [5, 5.41) is 12.0. The predicted octanol–water partition coefficient (Wildman–Crippen LogP) is 1.34. The number of benzene rings is 1. The highest BCUT2D eigenvalue weighted by molar-refractivity contribution is 5.83. The lowest BCUT2D eigenvalue weighted by Crippen LogP contribution is -2.37. The summed E-state index contributed by atoms with van der Waals surface area (Å²) in [7, 11) is 0. The van der Waals surface area contributed by atoms with Gasteiger partial charge in [0.1, 0.15) is 0 Å². The fraction of sp³-hybridized carbons (Fsp3) is 0.467. The van der Waals surface area contributed by atoms with Crippen LogP contribution >= 0.6 is 0 Å². The van der Waals surface area contributed by atoms with Crippen LogP contribution in [0.5, 0.6) is 0 Å². The van der Waals surface area contributed by atoms with Gasteiger partial charge in [-0.3, -0.25) is 9.59 Å². The molecule has 1 aromatic rings. The molecule has 1 fully saturated rings. The lowest BCUT2D eigenvalue weighted by molar-refractivity contribution is -0.137. The van der Waals surface area contributed by atoms with E-state index in [0.717, 1.165) is 24.1 Å². The highest BCUT2D eigenvalue weighted by Gasteiger charge is 2.31. The molecule has 1 aliphatic carbocycles. The molecule has 1 aliphatic heterocycles. The number of carboxylic acid groups (broad SMARTS) is 1. The molecule has 1 heterocycles. The molecule has 1 amide bonds. The van der Waals surface area contributed by atoms with Crippen LogP contribution in [0.15, 0.2) is 24.3 Å². The lowest BCUT2D eigenvalue weighted by atomic mass is 9.98. The molecule has 0 saturated heterocycles. The number of amides is 1. The first-order valence-corrected chi connectivity index (χ1v) is 6.98. The molecule has 1 unspecified atom stereocenters. The molecular weight excluding hydrogens is 256 g/mol. The van der Waals surface area contributed by atoms with Gasteiger partial charge in [0.2, 0.25) is 5.91 Å². The number of anilines is 1. The monoisotopic (exact) mass is 274 g/mol. The third-order valence-electron chi connectivity index (χ3n) is 3.86. The third kappa shape index (κ3) is 2.76. The summed E-state index contributed by atoms with van der Waals surface area (Å²) >= 11 is 0. The minimum atomic E-state index is -0.797. The van der Waals surface area contributed by atoms with E-state index in [9.17, 15) is 9.59 Å². The van der Waals surface area contributed by atoms with E-state index in [-0.39, 0.29) is 18.2 Å². The van der Waals surface area contributed by atoms with Crippen molar-refractivity contribution in [1.82, 2.24) is 5.32 Å². The smallest absolute Gasteiger partial charge is 0.304 e. The largest absolute Gasteiger partial charge is 0.481 e. The second-order valence-corrected chi connectivity index (χ2v) is 5.58. The topological polar surface area (TPSA) is 69.6 Å². The Morgan fingerprint density at radius 1 is 1.30 bits per heavy atom. The van der Waals surface area contributed by atoms with Crippen molar-refractivity contribution >= 4 is 17.6 Å². The lowest BCUT2D eigenvalue weighted by Gasteiger charge is -2.19. The van der Waals surface area contributed by atoms with Gasteiger partial charge in [0.05, 0.1) is 13.0 Å². The summed E-state index contributed by atoms with van der Waals surface area (Å²) < 4.78 is 0. The summed E-state index contributed by atoms with van der Waals surface area (Å²) in [5.74, 6) is -0.801. The minimum absolute atomic E-state index is 0.0262. The summed E-state index contributed by atoms with van der Waals surface area (Å²) in [6.07, 6.45) is 2.26. The number of carboxylic acids is 1. The number of rotatable bonds is 5. The van der Waals surface area contributed by atoms with Crippen molar-refractivity contribution in [3.8, 4) is 0 Å².